The summed E-state index contributed by atoms with van der Waals surface area (Å²) in [5.41, 5.74) is -0.563. The molecule has 0 atom stereocenters. The predicted molar refractivity (Wildman–Crippen MR) is 62.8 cm³/mol. The third-order valence-corrected chi connectivity index (χ3v) is 2.29. The molecule has 0 aliphatic heterocycles. The Labute approximate surface area is 93.6 Å². The maximum Gasteiger partial charge on any atom is 0.325 e. The lowest BCUT2D eigenvalue weighted by Crippen LogP contribution is -2.47. The molecule has 0 radical (unpaired) electrons. The molecule has 3 heteroatoms. The molecule has 1 N–H and O–H groups in total. The second kappa shape index (κ2) is 6.83. The van der Waals surface area contributed by atoms with Crippen molar-refractivity contribution in [3.63, 3.8) is 0 Å². The van der Waals surface area contributed by atoms with Crippen LogP contribution < -0.4 is 5.32 Å². The van der Waals surface area contributed by atoms with Gasteiger partial charge in [-0.15, -0.1) is 0 Å². The first kappa shape index (κ1) is 14.4. The van der Waals surface area contributed by atoms with Gasteiger partial charge >= 0.3 is 5.97 Å². The van der Waals surface area contributed by atoms with E-state index in [2.05, 4.69) is 19.2 Å². The lowest BCUT2D eigenvalue weighted by molar-refractivity contribution is -0.150. The molecule has 0 heterocycles. The van der Waals surface area contributed by atoms with E-state index in [0.717, 1.165) is 19.4 Å². The molecule has 90 valence electrons. The zero-order chi connectivity index (χ0) is 11.9. The van der Waals surface area contributed by atoms with Crippen LogP contribution in [-0.4, -0.2) is 24.7 Å². The predicted octanol–water partition coefficient (Wildman–Crippen LogP) is 2.35. The summed E-state index contributed by atoms with van der Waals surface area (Å²) in [7, 11) is 0. The highest BCUT2D eigenvalue weighted by molar-refractivity contribution is 5.79. The van der Waals surface area contributed by atoms with Gasteiger partial charge < -0.3 is 10.1 Å². The van der Waals surface area contributed by atoms with Gasteiger partial charge in [-0.1, -0.05) is 20.8 Å². The van der Waals surface area contributed by atoms with Crippen molar-refractivity contribution in [3.8, 4) is 0 Å². The molecule has 15 heavy (non-hydrogen) atoms. The van der Waals surface area contributed by atoms with Gasteiger partial charge in [-0.25, -0.2) is 0 Å². The highest BCUT2D eigenvalue weighted by atomic mass is 16.5. The second-order valence-electron chi connectivity index (χ2n) is 4.83. The van der Waals surface area contributed by atoms with Crippen molar-refractivity contribution in [3.05, 3.63) is 0 Å². The van der Waals surface area contributed by atoms with Crippen molar-refractivity contribution in [1.82, 2.24) is 5.32 Å². The number of hydrogen-bond acceptors (Lipinski definition) is 3. The minimum absolute atomic E-state index is 0.159. The molecule has 0 saturated heterocycles. The summed E-state index contributed by atoms with van der Waals surface area (Å²) in [5, 5.41) is 3.10. The van der Waals surface area contributed by atoms with Gasteiger partial charge in [0.1, 0.15) is 5.54 Å². The minimum Gasteiger partial charge on any atom is -0.464 e. The van der Waals surface area contributed by atoms with E-state index in [1.54, 1.807) is 0 Å². The van der Waals surface area contributed by atoms with Gasteiger partial charge in [0.2, 0.25) is 0 Å². The van der Waals surface area contributed by atoms with Gasteiger partial charge in [-0.2, -0.15) is 0 Å². The van der Waals surface area contributed by atoms with Crippen LogP contribution in [0.5, 0.6) is 0 Å². The van der Waals surface area contributed by atoms with Gasteiger partial charge in [0, 0.05) is 0 Å². The van der Waals surface area contributed by atoms with Crippen LogP contribution in [0, 0.1) is 5.92 Å². The molecule has 0 unspecified atom stereocenters. The molecule has 0 saturated carbocycles. The van der Waals surface area contributed by atoms with Crippen molar-refractivity contribution in [2.24, 2.45) is 5.92 Å². The largest absolute Gasteiger partial charge is 0.464 e. The third-order valence-electron chi connectivity index (χ3n) is 2.29. The fourth-order valence-electron chi connectivity index (χ4n) is 1.35. The number of carbonyl (C=O) groups excluding carboxylic acids is 1. The third kappa shape index (κ3) is 6.50. The van der Waals surface area contributed by atoms with E-state index in [1.165, 1.54) is 0 Å². The molecule has 0 aromatic carbocycles. The van der Waals surface area contributed by atoms with E-state index < -0.39 is 5.54 Å². The smallest absolute Gasteiger partial charge is 0.325 e. The highest BCUT2D eigenvalue weighted by Gasteiger charge is 2.27. The lowest BCUT2D eigenvalue weighted by atomic mass is 10.1. The van der Waals surface area contributed by atoms with Crippen molar-refractivity contribution in [1.29, 1.82) is 0 Å². The summed E-state index contributed by atoms with van der Waals surface area (Å²) in [6, 6.07) is 0. The average molecular weight is 215 g/mol. The number of likely N-dealkylation sites (N-methyl/N-ethyl adjacent to an activating group) is 1. The lowest BCUT2D eigenvalue weighted by Gasteiger charge is -2.23. The standard InChI is InChI=1S/C12H25NO2/c1-6-13-12(4,5)11(14)15-9-7-8-10(2)3/h10,13H,6-9H2,1-5H3. The maximum atomic E-state index is 11.6. The van der Waals surface area contributed by atoms with Crippen LogP contribution in [0.3, 0.4) is 0 Å². The number of carbonyl (C=O) groups is 1. The summed E-state index contributed by atoms with van der Waals surface area (Å²) in [6.07, 6.45) is 2.06. The molecule has 3 nitrogen and oxygen atoms in total. The summed E-state index contributed by atoms with van der Waals surface area (Å²) < 4.78 is 5.21. The second-order valence-corrected chi connectivity index (χ2v) is 4.83. The average Bonchev–Trinajstić information content (AvgIpc) is 2.11. The molecule has 0 aliphatic carbocycles. The number of nitrogens with one attached hydrogen (secondary N) is 1. The topological polar surface area (TPSA) is 38.3 Å². The normalized spacial score (nSPS) is 11.9. The van der Waals surface area contributed by atoms with Crippen LogP contribution >= 0.6 is 0 Å². The summed E-state index contributed by atoms with van der Waals surface area (Å²) >= 11 is 0. The Morgan fingerprint density at radius 1 is 1.40 bits per heavy atom. The van der Waals surface area contributed by atoms with E-state index in [9.17, 15) is 4.79 Å². The quantitative estimate of drug-likeness (QED) is 0.523. The van der Waals surface area contributed by atoms with Crippen LogP contribution in [0.1, 0.15) is 47.5 Å². The van der Waals surface area contributed by atoms with Gasteiger partial charge in [-0.05, 0) is 39.2 Å². The van der Waals surface area contributed by atoms with E-state index in [4.69, 9.17) is 4.74 Å². The summed E-state index contributed by atoms with van der Waals surface area (Å²) in [5.74, 6) is 0.513. The molecule has 0 bridgehead atoms. The Morgan fingerprint density at radius 3 is 2.47 bits per heavy atom. The zero-order valence-corrected chi connectivity index (χ0v) is 10.7. The van der Waals surface area contributed by atoms with E-state index >= 15 is 0 Å². The monoisotopic (exact) mass is 215 g/mol. The van der Waals surface area contributed by atoms with Gasteiger partial charge in [-0.3, -0.25) is 4.79 Å². The molecule has 0 amide bonds. The molecular weight excluding hydrogens is 190 g/mol. The van der Waals surface area contributed by atoms with E-state index in [-0.39, 0.29) is 5.97 Å². The van der Waals surface area contributed by atoms with Crippen molar-refractivity contribution in [2.45, 2.75) is 53.0 Å². The molecular formula is C12H25NO2. The number of ether oxygens (including phenoxy) is 1. The van der Waals surface area contributed by atoms with Crippen molar-refractivity contribution in [2.75, 3.05) is 13.2 Å². The fourth-order valence-corrected chi connectivity index (χ4v) is 1.35. The van der Waals surface area contributed by atoms with E-state index in [0.29, 0.717) is 12.5 Å². The first-order chi connectivity index (χ1) is 6.90. The molecule has 0 rings (SSSR count). The summed E-state index contributed by atoms with van der Waals surface area (Å²) in [4.78, 5) is 11.6. The minimum atomic E-state index is -0.563. The van der Waals surface area contributed by atoms with Crippen LogP contribution in [0.2, 0.25) is 0 Å². The molecule has 0 spiro atoms. The first-order valence-electron chi connectivity index (χ1n) is 5.82. The highest BCUT2D eigenvalue weighted by Crippen LogP contribution is 2.07. The molecule has 0 aromatic heterocycles. The zero-order valence-electron chi connectivity index (χ0n) is 10.7. The summed E-state index contributed by atoms with van der Waals surface area (Å²) in [6.45, 7) is 11.3. The molecule has 0 aromatic rings. The van der Waals surface area contributed by atoms with Crippen molar-refractivity contribution >= 4 is 5.97 Å². The Kier molecular flexibility index (Phi) is 6.57. The van der Waals surface area contributed by atoms with Crippen LogP contribution in [-0.2, 0) is 9.53 Å². The van der Waals surface area contributed by atoms with Crippen molar-refractivity contribution < 1.29 is 9.53 Å². The molecule has 0 fully saturated rings. The Hall–Kier alpha value is -0.570. The number of esters is 1. The Bertz CT molecular complexity index is 188. The van der Waals surface area contributed by atoms with E-state index in [1.807, 2.05) is 20.8 Å². The number of hydrogen-bond donors (Lipinski definition) is 1. The van der Waals surface area contributed by atoms with Gasteiger partial charge in [0.15, 0.2) is 0 Å². The first-order valence-corrected chi connectivity index (χ1v) is 5.82. The van der Waals surface area contributed by atoms with Crippen LogP contribution in [0.4, 0.5) is 0 Å². The van der Waals surface area contributed by atoms with Gasteiger partial charge in [0.25, 0.3) is 0 Å². The molecule has 0 aliphatic rings. The number of rotatable bonds is 7. The van der Waals surface area contributed by atoms with Gasteiger partial charge in [0.05, 0.1) is 6.61 Å². The van der Waals surface area contributed by atoms with Crippen LogP contribution in [0.25, 0.3) is 0 Å². The SMILES string of the molecule is CCNC(C)(C)C(=O)OCCCC(C)C. The maximum absolute atomic E-state index is 11.6. The van der Waals surface area contributed by atoms with Crippen LogP contribution in [0.15, 0.2) is 0 Å². The fraction of sp³-hybridized carbons (Fsp3) is 0.917. The Morgan fingerprint density at radius 2 is 2.00 bits per heavy atom. The Balaban J connectivity index is 3.73.